The molecule has 2 aromatic heterocycles. The SMILES string of the molecule is CC(C)(C)NC(=O)N1CCC2(CC1)Cc1cc(C=CC(=O)N3CC=C(Cc4cccs4)CC3)cnc1NC2=O. The molecule has 5 rings (SSSR count). The largest absolute Gasteiger partial charge is 0.335 e. The second-order valence-electron chi connectivity index (χ2n) is 11.8. The summed E-state index contributed by atoms with van der Waals surface area (Å²) in [5.41, 5.74) is 2.34. The number of nitrogens with zero attached hydrogens (tertiary/aromatic N) is 3. The number of nitrogens with one attached hydrogen (secondary N) is 2. The quantitative estimate of drug-likeness (QED) is 0.431. The van der Waals surface area contributed by atoms with Crippen molar-refractivity contribution in [2.75, 3.05) is 31.5 Å². The number of carbonyl (C=O) groups excluding carboxylic acids is 3. The zero-order chi connectivity index (χ0) is 27.6. The van der Waals surface area contributed by atoms with Gasteiger partial charge in [-0.15, -0.1) is 11.3 Å². The van der Waals surface area contributed by atoms with Crippen molar-refractivity contribution in [2.24, 2.45) is 5.41 Å². The molecule has 0 unspecified atom stereocenters. The highest BCUT2D eigenvalue weighted by atomic mass is 32.1. The average molecular weight is 548 g/mol. The Kier molecular flexibility index (Phi) is 7.62. The Balaban J connectivity index is 1.19. The van der Waals surface area contributed by atoms with Gasteiger partial charge in [-0.1, -0.05) is 17.7 Å². The Morgan fingerprint density at radius 2 is 2.00 bits per heavy atom. The van der Waals surface area contributed by atoms with Crippen LogP contribution in [0.3, 0.4) is 0 Å². The molecule has 39 heavy (non-hydrogen) atoms. The van der Waals surface area contributed by atoms with Crippen molar-refractivity contribution in [2.45, 2.75) is 58.4 Å². The number of carbonyl (C=O) groups is 3. The Hall–Kier alpha value is -3.46. The summed E-state index contributed by atoms with van der Waals surface area (Å²) in [4.78, 5) is 48.0. The third kappa shape index (κ3) is 6.41. The summed E-state index contributed by atoms with van der Waals surface area (Å²) >= 11 is 1.77. The molecule has 2 aromatic rings. The van der Waals surface area contributed by atoms with Gasteiger partial charge in [0.2, 0.25) is 11.8 Å². The molecular formula is C30H37N5O3S. The number of likely N-dealkylation sites (tertiary alicyclic amines) is 1. The second-order valence-corrected chi connectivity index (χ2v) is 12.9. The Morgan fingerprint density at radius 3 is 2.67 bits per heavy atom. The molecule has 0 aromatic carbocycles. The number of rotatable bonds is 4. The molecule has 3 aliphatic heterocycles. The van der Waals surface area contributed by atoms with Crippen LogP contribution in [0.1, 0.15) is 56.0 Å². The van der Waals surface area contributed by atoms with Crippen molar-refractivity contribution in [1.82, 2.24) is 20.1 Å². The van der Waals surface area contributed by atoms with E-state index in [1.54, 1.807) is 28.5 Å². The number of anilines is 1. The number of piperidine rings is 1. The summed E-state index contributed by atoms with van der Waals surface area (Å²) in [7, 11) is 0. The maximum absolute atomic E-state index is 13.1. The fourth-order valence-corrected chi connectivity index (χ4v) is 6.23. The van der Waals surface area contributed by atoms with E-state index in [4.69, 9.17) is 0 Å². The molecule has 206 valence electrons. The minimum Gasteiger partial charge on any atom is -0.335 e. The van der Waals surface area contributed by atoms with Crippen LogP contribution in [0, 0.1) is 5.41 Å². The number of aromatic nitrogens is 1. The topological polar surface area (TPSA) is 94.6 Å². The maximum atomic E-state index is 13.1. The van der Waals surface area contributed by atoms with E-state index in [1.165, 1.54) is 10.5 Å². The molecule has 0 radical (unpaired) electrons. The van der Waals surface area contributed by atoms with Crippen LogP contribution in [-0.2, 0) is 22.4 Å². The van der Waals surface area contributed by atoms with Gasteiger partial charge in [-0.3, -0.25) is 9.59 Å². The first-order valence-corrected chi connectivity index (χ1v) is 14.5. The van der Waals surface area contributed by atoms with E-state index in [0.717, 1.165) is 30.5 Å². The number of hydrogen-bond acceptors (Lipinski definition) is 5. The van der Waals surface area contributed by atoms with Crippen molar-refractivity contribution < 1.29 is 14.4 Å². The molecule has 1 spiro atoms. The predicted octanol–water partition coefficient (Wildman–Crippen LogP) is 4.64. The first-order valence-electron chi connectivity index (χ1n) is 13.6. The monoisotopic (exact) mass is 547 g/mol. The lowest BCUT2D eigenvalue weighted by molar-refractivity contribution is -0.128. The number of thiophene rings is 1. The van der Waals surface area contributed by atoms with E-state index >= 15 is 0 Å². The summed E-state index contributed by atoms with van der Waals surface area (Å²) < 4.78 is 0. The van der Waals surface area contributed by atoms with Crippen LogP contribution in [0.15, 0.2) is 47.5 Å². The highest BCUT2D eigenvalue weighted by molar-refractivity contribution is 7.09. The van der Waals surface area contributed by atoms with Crippen LogP contribution in [0.25, 0.3) is 6.08 Å². The highest BCUT2D eigenvalue weighted by Gasteiger charge is 2.45. The average Bonchev–Trinajstić information content (AvgIpc) is 3.41. The van der Waals surface area contributed by atoms with E-state index in [9.17, 15) is 14.4 Å². The molecule has 4 amide bonds. The van der Waals surface area contributed by atoms with Crippen molar-refractivity contribution in [3.8, 4) is 0 Å². The van der Waals surface area contributed by atoms with Crippen molar-refractivity contribution in [3.05, 3.63) is 63.5 Å². The van der Waals surface area contributed by atoms with E-state index < -0.39 is 5.41 Å². The molecule has 9 heteroatoms. The molecule has 8 nitrogen and oxygen atoms in total. The minimum absolute atomic E-state index is 0.00942. The van der Waals surface area contributed by atoms with Gasteiger partial charge in [-0.05, 0) is 81.2 Å². The fourth-order valence-electron chi connectivity index (χ4n) is 5.48. The molecule has 0 aliphatic carbocycles. The molecular weight excluding hydrogens is 510 g/mol. The standard InChI is InChI=1S/C30H37N5O3S/c1-29(2,3)33-28(38)35-14-10-30(11-15-35)19-23-17-22(20-31-26(23)32-27(30)37)6-7-25(36)34-12-8-21(9-13-34)18-24-5-4-16-39-24/h4-8,16-17,20H,9-15,18-19H2,1-3H3,(H,33,38)(H,31,32,37). The van der Waals surface area contributed by atoms with Gasteiger partial charge in [0.05, 0.1) is 5.41 Å². The summed E-state index contributed by atoms with van der Waals surface area (Å²) in [6, 6.07) is 6.16. The van der Waals surface area contributed by atoms with Crippen LogP contribution >= 0.6 is 11.3 Å². The lowest BCUT2D eigenvalue weighted by Crippen LogP contribution is -2.55. The highest BCUT2D eigenvalue weighted by Crippen LogP contribution is 2.41. The van der Waals surface area contributed by atoms with Crippen molar-refractivity contribution in [1.29, 1.82) is 0 Å². The van der Waals surface area contributed by atoms with Gasteiger partial charge < -0.3 is 20.4 Å². The Morgan fingerprint density at radius 1 is 1.21 bits per heavy atom. The summed E-state index contributed by atoms with van der Waals surface area (Å²) in [5.74, 6) is 0.555. The zero-order valence-corrected chi connectivity index (χ0v) is 23.8. The Labute approximate surface area is 234 Å². The molecule has 0 bridgehead atoms. The molecule has 1 fully saturated rings. The predicted molar refractivity (Wildman–Crippen MR) is 154 cm³/mol. The fraction of sp³-hybridized carbons (Fsp3) is 0.467. The van der Waals surface area contributed by atoms with Gasteiger partial charge in [-0.25, -0.2) is 9.78 Å². The first kappa shape index (κ1) is 27.1. The number of fused-ring (bicyclic) bond motifs is 1. The third-order valence-corrected chi connectivity index (χ3v) is 8.61. The minimum atomic E-state index is -0.549. The lowest BCUT2D eigenvalue weighted by Gasteiger charge is -2.43. The third-order valence-electron chi connectivity index (χ3n) is 7.73. The summed E-state index contributed by atoms with van der Waals surface area (Å²) in [6.45, 7) is 8.30. The number of pyridine rings is 1. The molecule has 0 saturated carbocycles. The van der Waals surface area contributed by atoms with Gasteiger partial charge in [0.1, 0.15) is 5.82 Å². The smallest absolute Gasteiger partial charge is 0.317 e. The number of amides is 4. The van der Waals surface area contributed by atoms with Gasteiger partial charge >= 0.3 is 6.03 Å². The first-order chi connectivity index (χ1) is 18.6. The Bertz CT molecular complexity index is 1300. The van der Waals surface area contributed by atoms with Gasteiger partial charge in [0, 0.05) is 55.3 Å². The zero-order valence-electron chi connectivity index (χ0n) is 23.0. The van der Waals surface area contributed by atoms with Crippen molar-refractivity contribution >= 4 is 41.1 Å². The van der Waals surface area contributed by atoms with Crippen LogP contribution in [0.5, 0.6) is 0 Å². The van der Waals surface area contributed by atoms with Crippen LogP contribution < -0.4 is 10.6 Å². The lowest BCUT2D eigenvalue weighted by atomic mass is 9.71. The van der Waals surface area contributed by atoms with Crippen molar-refractivity contribution in [3.63, 3.8) is 0 Å². The number of urea groups is 1. The van der Waals surface area contributed by atoms with Gasteiger partial charge in [-0.2, -0.15) is 0 Å². The maximum Gasteiger partial charge on any atom is 0.317 e. The van der Waals surface area contributed by atoms with E-state index in [1.807, 2.05) is 37.8 Å². The molecule has 3 aliphatic rings. The van der Waals surface area contributed by atoms with Crippen LogP contribution in [-0.4, -0.2) is 64.3 Å². The summed E-state index contributed by atoms with van der Waals surface area (Å²) in [5, 5.41) is 8.10. The molecule has 1 saturated heterocycles. The van der Waals surface area contributed by atoms with E-state index in [0.29, 0.717) is 44.7 Å². The van der Waals surface area contributed by atoms with Gasteiger partial charge in [0.15, 0.2) is 0 Å². The molecule has 2 N–H and O–H groups in total. The van der Waals surface area contributed by atoms with E-state index in [-0.39, 0.29) is 23.4 Å². The van der Waals surface area contributed by atoms with Gasteiger partial charge in [0.25, 0.3) is 0 Å². The van der Waals surface area contributed by atoms with Crippen LogP contribution in [0.2, 0.25) is 0 Å². The molecule has 5 heterocycles. The molecule has 0 atom stereocenters. The second kappa shape index (κ2) is 11.0. The normalized spacial score (nSPS) is 19.1. The van der Waals surface area contributed by atoms with E-state index in [2.05, 4.69) is 39.2 Å². The van der Waals surface area contributed by atoms with Crippen LogP contribution in [0.4, 0.5) is 10.6 Å². The summed E-state index contributed by atoms with van der Waals surface area (Å²) in [6.07, 6.45) is 10.9. The number of hydrogen-bond donors (Lipinski definition) is 2.